The van der Waals surface area contributed by atoms with Crippen molar-refractivity contribution in [3.63, 3.8) is 0 Å². The Hall–Kier alpha value is -3.41. The van der Waals surface area contributed by atoms with E-state index in [0.29, 0.717) is 11.4 Å². The van der Waals surface area contributed by atoms with Crippen LogP contribution in [0.1, 0.15) is 0 Å². The zero-order valence-corrected chi connectivity index (χ0v) is 12.6. The lowest BCUT2D eigenvalue weighted by Crippen LogP contribution is -1.96. The summed E-state index contributed by atoms with van der Waals surface area (Å²) in [7, 11) is 0. The Morgan fingerprint density at radius 2 is 1.92 bits per heavy atom. The van der Waals surface area contributed by atoms with Crippen LogP contribution in [-0.4, -0.2) is 14.6 Å². The monoisotopic (exact) mass is 320 g/mol. The first-order chi connectivity index (χ1) is 11.7. The minimum Gasteiger partial charge on any atom is -0.452 e. The molecule has 0 aliphatic rings. The van der Waals surface area contributed by atoms with Crippen LogP contribution in [0.5, 0.6) is 11.5 Å². The van der Waals surface area contributed by atoms with Gasteiger partial charge < -0.3 is 10.5 Å². The topological polar surface area (TPSA) is 65.4 Å². The highest BCUT2D eigenvalue weighted by Crippen LogP contribution is 2.32. The van der Waals surface area contributed by atoms with E-state index < -0.39 is 5.82 Å². The molecule has 4 rings (SSSR count). The van der Waals surface area contributed by atoms with Crippen molar-refractivity contribution in [3.05, 3.63) is 73.1 Å². The third-order valence-electron chi connectivity index (χ3n) is 3.64. The third kappa shape index (κ3) is 2.54. The van der Waals surface area contributed by atoms with Crippen LogP contribution >= 0.6 is 0 Å². The molecule has 0 unspecified atom stereocenters. The van der Waals surface area contributed by atoms with Gasteiger partial charge in [0.15, 0.2) is 17.3 Å². The van der Waals surface area contributed by atoms with Crippen molar-refractivity contribution in [2.75, 3.05) is 5.73 Å². The minimum atomic E-state index is -0.514. The van der Waals surface area contributed by atoms with Crippen LogP contribution in [0.25, 0.3) is 16.6 Å². The molecule has 24 heavy (non-hydrogen) atoms. The van der Waals surface area contributed by atoms with Crippen LogP contribution in [0.4, 0.5) is 10.1 Å². The molecule has 0 amide bonds. The van der Waals surface area contributed by atoms with Gasteiger partial charge in [0.2, 0.25) is 0 Å². The number of nitrogens with zero attached hydrogens (tertiary/aromatic N) is 3. The third-order valence-corrected chi connectivity index (χ3v) is 3.64. The Morgan fingerprint density at radius 3 is 2.71 bits per heavy atom. The molecule has 4 aromatic rings. The normalized spacial score (nSPS) is 10.9. The number of ether oxygens (including phenoxy) is 1. The van der Waals surface area contributed by atoms with Crippen LogP contribution < -0.4 is 10.5 Å². The maximum absolute atomic E-state index is 14.0. The van der Waals surface area contributed by atoms with E-state index in [2.05, 4.69) is 10.1 Å². The van der Waals surface area contributed by atoms with Gasteiger partial charge in [-0.05, 0) is 30.3 Å². The van der Waals surface area contributed by atoms with Gasteiger partial charge in [-0.15, -0.1) is 0 Å². The summed E-state index contributed by atoms with van der Waals surface area (Å²) in [5, 5.41) is 4.25. The van der Waals surface area contributed by atoms with Gasteiger partial charge in [-0.2, -0.15) is 5.10 Å². The van der Waals surface area contributed by atoms with Crippen LogP contribution in [0, 0.1) is 5.82 Å². The summed E-state index contributed by atoms with van der Waals surface area (Å²) in [6.07, 6.45) is 6.99. The van der Waals surface area contributed by atoms with Crippen molar-refractivity contribution >= 4 is 11.2 Å². The summed E-state index contributed by atoms with van der Waals surface area (Å²) in [5.41, 5.74) is 8.44. The molecule has 0 aliphatic heterocycles. The van der Waals surface area contributed by atoms with E-state index in [9.17, 15) is 4.39 Å². The number of aromatic nitrogens is 3. The zero-order chi connectivity index (χ0) is 16.5. The van der Waals surface area contributed by atoms with Crippen molar-refractivity contribution in [1.82, 2.24) is 14.6 Å². The van der Waals surface area contributed by atoms with E-state index >= 15 is 0 Å². The predicted molar refractivity (Wildman–Crippen MR) is 89.3 cm³/mol. The summed E-state index contributed by atoms with van der Waals surface area (Å²) >= 11 is 0. The number of nitrogens with two attached hydrogens (primary N) is 1. The van der Waals surface area contributed by atoms with Gasteiger partial charge in [-0.1, -0.05) is 6.07 Å². The largest absolute Gasteiger partial charge is 0.452 e. The summed E-state index contributed by atoms with van der Waals surface area (Å²) in [6, 6.07) is 11.8. The number of anilines is 1. The maximum atomic E-state index is 14.0. The molecule has 0 atom stereocenters. The van der Waals surface area contributed by atoms with E-state index in [0.717, 1.165) is 16.6 Å². The molecule has 3 heterocycles. The minimum absolute atomic E-state index is 0.107. The molecule has 3 aromatic heterocycles. The number of hydrogen-bond donors (Lipinski definition) is 1. The van der Waals surface area contributed by atoms with Gasteiger partial charge in [0, 0.05) is 41.5 Å². The first-order valence-electron chi connectivity index (χ1n) is 7.31. The van der Waals surface area contributed by atoms with E-state index in [4.69, 9.17) is 10.5 Å². The highest BCUT2D eigenvalue weighted by atomic mass is 19.1. The van der Waals surface area contributed by atoms with Gasteiger partial charge in [0.25, 0.3) is 0 Å². The van der Waals surface area contributed by atoms with Crippen LogP contribution in [0.15, 0.2) is 67.3 Å². The number of rotatable bonds is 3. The Balaban J connectivity index is 1.83. The van der Waals surface area contributed by atoms with Crippen molar-refractivity contribution in [2.24, 2.45) is 0 Å². The molecule has 5 nitrogen and oxygen atoms in total. The number of halogens is 1. The van der Waals surface area contributed by atoms with E-state index in [-0.39, 0.29) is 5.75 Å². The Kier molecular flexibility index (Phi) is 3.35. The predicted octanol–water partition coefficient (Wildman–Crippen LogP) is 3.91. The molecular weight excluding hydrogens is 307 g/mol. The molecule has 0 saturated heterocycles. The van der Waals surface area contributed by atoms with E-state index in [1.54, 1.807) is 35.2 Å². The van der Waals surface area contributed by atoms with Crippen LogP contribution in [0.3, 0.4) is 0 Å². The second-order valence-corrected chi connectivity index (χ2v) is 5.29. The lowest BCUT2D eigenvalue weighted by atomic mass is 10.1. The first-order valence-corrected chi connectivity index (χ1v) is 7.31. The summed E-state index contributed by atoms with van der Waals surface area (Å²) < 4.78 is 21.5. The lowest BCUT2D eigenvalue weighted by Gasteiger charge is -2.11. The summed E-state index contributed by atoms with van der Waals surface area (Å²) in [6.45, 7) is 0. The molecular formula is C18H13FN4O. The highest BCUT2D eigenvalue weighted by Gasteiger charge is 2.11. The van der Waals surface area contributed by atoms with Gasteiger partial charge in [-0.25, -0.2) is 8.91 Å². The van der Waals surface area contributed by atoms with Crippen molar-refractivity contribution in [2.45, 2.75) is 0 Å². The second kappa shape index (κ2) is 5.66. The van der Waals surface area contributed by atoms with Gasteiger partial charge in [0.1, 0.15) is 5.52 Å². The molecule has 0 aliphatic carbocycles. The average molecular weight is 320 g/mol. The number of pyridine rings is 2. The molecule has 2 N–H and O–H groups in total. The molecule has 118 valence electrons. The smallest absolute Gasteiger partial charge is 0.167 e. The SMILES string of the molecule is Nc1ccc(Oc2cc(-c3cccnc3)cn3nccc23)c(F)c1. The molecule has 6 heteroatoms. The fourth-order valence-electron chi connectivity index (χ4n) is 2.49. The number of benzene rings is 1. The average Bonchev–Trinajstić information content (AvgIpc) is 3.07. The fourth-order valence-corrected chi connectivity index (χ4v) is 2.49. The summed E-state index contributed by atoms with van der Waals surface area (Å²) in [4.78, 5) is 4.12. The Morgan fingerprint density at radius 1 is 1.00 bits per heavy atom. The van der Waals surface area contributed by atoms with Gasteiger partial charge in [-0.3, -0.25) is 4.98 Å². The first kappa shape index (κ1) is 14.2. The van der Waals surface area contributed by atoms with Crippen LogP contribution in [-0.2, 0) is 0 Å². The molecule has 0 bridgehead atoms. The standard InChI is InChI=1S/C18H13FN4O/c19-15-9-14(20)3-4-17(15)24-18-8-13(12-2-1-6-21-10-12)11-23-16(18)5-7-22-23/h1-11H,20H2. The number of fused-ring (bicyclic) bond motifs is 1. The molecule has 0 spiro atoms. The fraction of sp³-hybridized carbons (Fsp3) is 0. The van der Waals surface area contributed by atoms with Crippen molar-refractivity contribution in [3.8, 4) is 22.6 Å². The number of hydrogen-bond acceptors (Lipinski definition) is 4. The maximum Gasteiger partial charge on any atom is 0.167 e. The van der Waals surface area contributed by atoms with Gasteiger partial charge >= 0.3 is 0 Å². The second-order valence-electron chi connectivity index (χ2n) is 5.29. The zero-order valence-electron chi connectivity index (χ0n) is 12.6. The summed E-state index contributed by atoms with van der Waals surface area (Å²) in [5.74, 6) is 0.0904. The van der Waals surface area contributed by atoms with Gasteiger partial charge in [0.05, 0.1) is 6.20 Å². The molecule has 0 radical (unpaired) electrons. The molecule has 0 saturated carbocycles. The van der Waals surface area contributed by atoms with E-state index in [1.807, 2.05) is 24.4 Å². The van der Waals surface area contributed by atoms with Crippen LogP contribution in [0.2, 0.25) is 0 Å². The van der Waals surface area contributed by atoms with Crippen molar-refractivity contribution in [1.29, 1.82) is 0 Å². The quantitative estimate of drug-likeness (QED) is 0.581. The van der Waals surface area contributed by atoms with E-state index in [1.165, 1.54) is 12.1 Å². The highest BCUT2D eigenvalue weighted by molar-refractivity contribution is 5.71. The molecule has 0 fully saturated rings. The Labute approximate surface area is 137 Å². The molecule has 1 aromatic carbocycles. The number of nitrogen functional groups attached to an aromatic ring is 1. The lowest BCUT2D eigenvalue weighted by molar-refractivity contribution is 0.445. The van der Waals surface area contributed by atoms with Crippen molar-refractivity contribution < 1.29 is 9.13 Å². The Bertz CT molecular complexity index is 1010.